The summed E-state index contributed by atoms with van der Waals surface area (Å²) >= 11 is 0. The Kier molecular flexibility index (Phi) is 9.36. The van der Waals surface area contributed by atoms with E-state index >= 15 is 0 Å². The maximum Gasteiger partial charge on any atom is 0.130 e. The van der Waals surface area contributed by atoms with Gasteiger partial charge in [0, 0.05) is 37.3 Å². The highest BCUT2D eigenvalue weighted by atomic mass is 16.5. The first-order valence-electron chi connectivity index (χ1n) is 10.8. The molecule has 0 aromatic rings. The number of allylic oxidation sites excluding steroid dienone is 6. The third kappa shape index (κ3) is 6.08. The van der Waals surface area contributed by atoms with E-state index in [0.29, 0.717) is 12.0 Å². The molecular formula is C24H40N2O. The fourth-order valence-corrected chi connectivity index (χ4v) is 4.36. The molecule has 0 saturated carbocycles. The van der Waals surface area contributed by atoms with Gasteiger partial charge < -0.3 is 14.5 Å². The highest BCUT2D eigenvalue weighted by molar-refractivity contribution is 5.19. The molecule has 3 nitrogen and oxygen atoms in total. The molecule has 2 heterocycles. The Balaban J connectivity index is 2.03. The fraction of sp³-hybridized carbons (Fsp3) is 0.667. The molecule has 2 aliphatic heterocycles. The molecular weight excluding hydrogens is 332 g/mol. The minimum absolute atomic E-state index is 0.233. The Labute approximate surface area is 167 Å². The van der Waals surface area contributed by atoms with Crippen LogP contribution in [-0.4, -0.2) is 48.3 Å². The van der Waals surface area contributed by atoms with Gasteiger partial charge in [-0.25, -0.2) is 0 Å². The van der Waals surface area contributed by atoms with Crippen LogP contribution in [0.15, 0.2) is 47.7 Å². The number of piperidine rings is 1. The quantitative estimate of drug-likeness (QED) is 0.521. The van der Waals surface area contributed by atoms with Gasteiger partial charge in [-0.2, -0.15) is 0 Å². The van der Waals surface area contributed by atoms with Crippen molar-refractivity contribution in [3.63, 3.8) is 0 Å². The van der Waals surface area contributed by atoms with Crippen LogP contribution < -0.4 is 0 Å². The molecule has 27 heavy (non-hydrogen) atoms. The van der Waals surface area contributed by atoms with Crippen molar-refractivity contribution in [2.45, 2.75) is 72.6 Å². The number of hydrogen-bond acceptors (Lipinski definition) is 3. The molecule has 3 unspecified atom stereocenters. The van der Waals surface area contributed by atoms with Gasteiger partial charge in [0.15, 0.2) is 0 Å². The lowest BCUT2D eigenvalue weighted by molar-refractivity contribution is -0.151. The number of nitrogens with zero attached hydrogens (tertiary/aromatic N) is 2. The minimum atomic E-state index is 0.233. The van der Waals surface area contributed by atoms with Gasteiger partial charge in [-0.15, -0.1) is 0 Å². The molecule has 152 valence electrons. The van der Waals surface area contributed by atoms with E-state index in [0.717, 1.165) is 39.0 Å². The van der Waals surface area contributed by atoms with E-state index in [1.54, 1.807) is 0 Å². The second-order valence-corrected chi connectivity index (χ2v) is 7.90. The Morgan fingerprint density at radius 3 is 2.67 bits per heavy atom. The first kappa shape index (κ1) is 22.0. The Morgan fingerprint density at radius 2 is 2.00 bits per heavy atom. The van der Waals surface area contributed by atoms with Gasteiger partial charge in [0.25, 0.3) is 0 Å². The van der Waals surface area contributed by atoms with Crippen molar-refractivity contribution in [1.82, 2.24) is 9.80 Å². The summed E-state index contributed by atoms with van der Waals surface area (Å²) < 4.78 is 6.36. The molecule has 0 aromatic carbocycles. The molecule has 0 spiro atoms. The summed E-state index contributed by atoms with van der Waals surface area (Å²) in [7, 11) is 0. The van der Waals surface area contributed by atoms with Gasteiger partial charge >= 0.3 is 0 Å². The van der Waals surface area contributed by atoms with Crippen molar-refractivity contribution in [3.8, 4) is 0 Å². The van der Waals surface area contributed by atoms with Crippen LogP contribution in [0.2, 0.25) is 0 Å². The SMILES string of the molecule is C/C=C\C=C(/C)CCN1CCC2C(COC(CCC)N2C(/C=C\C)=C/C)C1. The zero-order valence-corrected chi connectivity index (χ0v) is 18.2. The summed E-state index contributed by atoms with van der Waals surface area (Å²) in [5.41, 5.74) is 2.79. The van der Waals surface area contributed by atoms with Crippen LogP contribution in [0.25, 0.3) is 0 Å². The van der Waals surface area contributed by atoms with Crippen LogP contribution in [-0.2, 0) is 4.74 Å². The van der Waals surface area contributed by atoms with E-state index in [1.807, 2.05) is 0 Å². The van der Waals surface area contributed by atoms with Crippen molar-refractivity contribution in [2.24, 2.45) is 5.92 Å². The number of fused-ring (bicyclic) bond motifs is 1. The maximum atomic E-state index is 6.36. The molecule has 2 fully saturated rings. The third-order valence-corrected chi connectivity index (χ3v) is 5.81. The van der Waals surface area contributed by atoms with Crippen molar-refractivity contribution < 1.29 is 4.74 Å². The molecule has 3 atom stereocenters. The number of likely N-dealkylation sites (tertiary alicyclic amines) is 1. The van der Waals surface area contributed by atoms with E-state index in [9.17, 15) is 0 Å². The van der Waals surface area contributed by atoms with Gasteiger partial charge in [0.1, 0.15) is 6.23 Å². The molecule has 0 aliphatic carbocycles. The molecule has 0 amide bonds. The fourth-order valence-electron chi connectivity index (χ4n) is 4.36. The summed E-state index contributed by atoms with van der Waals surface area (Å²) in [6, 6.07) is 0.605. The smallest absolute Gasteiger partial charge is 0.130 e. The second-order valence-electron chi connectivity index (χ2n) is 7.90. The van der Waals surface area contributed by atoms with Crippen molar-refractivity contribution in [2.75, 3.05) is 26.2 Å². The van der Waals surface area contributed by atoms with Crippen LogP contribution in [0.5, 0.6) is 0 Å². The van der Waals surface area contributed by atoms with Gasteiger partial charge in [-0.1, -0.05) is 49.3 Å². The molecule has 2 saturated heterocycles. The van der Waals surface area contributed by atoms with Crippen molar-refractivity contribution in [3.05, 3.63) is 47.7 Å². The van der Waals surface area contributed by atoms with E-state index in [-0.39, 0.29) is 6.23 Å². The number of rotatable bonds is 8. The standard InChI is InChI=1S/C24H40N2O/c1-6-10-13-20(5)14-16-25-17-15-23-21(18-25)19-27-24(12-8-3)26(23)22(9-4)11-7-2/h6-7,9-11,13,21,23-24H,8,12,14-19H2,1-5H3/b10-6-,11-7-,20-13+,22-9+. The summed E-state index contributed by atoms with van der Waals surface area (Å²) in [5, 5.41) is 0. The molecule has 0 N–H and O–H groups in total. The Bertz CT molecular complexity index is 561. The van der Waals surface area contributed by atoms with Crippen LogP contribution in [0.3, 0.4) is 0 Å². The zero-order valence-electron chi connectivity index (χ0n) is 18.2. The van der Waals surface area contributed by atoms with Gasteiger partial charge in [-0.05, 0) is 53.0 Å². The normalized spacial score (nSPS) is 28.3. The highest BCUT2D eigenvalue weighted by Crippen LogP contribution is 2.34. The predicted octanol–water partition coefficient (Wildman–Crippen LogP) is 5.53. The van der Waals surface area contributed by atoms with Gasteiger partial charge in [-0.3, -0.25) is 0 Å². The van der Waals surface area contributed by atoms with Crippen molar-refractivity contribution >= 4 is 0 Å². The van der Waals surface area contributed by atoms with Gasteiger partial charge in [0.2, 0.25) is 0 Å². The number of hydrogen-bond donors (Lipinski definition) is 0. The third-order valence-electron chi connectivity index (χ3n) is 5.81. The lowest BCUT2D eigenvalue weighted by atomic mass is 9.88. The lowest BCUT2D eigenvalue weighted by Gasteiger charge is -2.52. The van der Waals surface area contributed by atoms with Crippen LogP contribution in [0.1, 0.15) is 60.3 Å². The molecule has 3 heteroatoms. The minimum Gasteiger partial charge on any atom is -0.358 e. The second kappa shape index (κ2) is 11.5. The van der Waals surface area contributed by atoms with Gasteiger partial charge in [0.05, 0.1) is 6.61 Å². The molecule has 0 radical (unpaired) electrons. The Morgan fingerprint density at radius 1 is 1.19 bits per heavy atom. The summed E-state index contributed by atoms with van der Waals surface area (Å²) in [4.78, 5) is 5.23. The Hall–Kier alpha value is -1.32. The van der Waals surface area contributed by atoms with Crippen molar-refractivity contribution in [1.29, 1.82) is 0 Å². The van der Waals surface area contributed by atoms with E-state index in [1.165, 1.54) is 24.2 Å². The average Bonchev–Trinajstić information content (AvgIpc) is 2.69. The topological polar surface area (TPSA) is 15.7 Å². The number of ether oxygens (including phenoxy) is 1. The van der Waals surface area contributed by atoms with E-state index < -0.39 is 0 Å². The molecule has 2 aliphatic rings. The lowest BCUT2D eigenvalue weighted by Crippen LogP contribution is -2.59. The van der Waals surface area contributed by atoms with E-state index in [2.05, 4.69) is 80.9 Å². The average molecular weight is 373 g/mol. The van der Waals surface area contributed by atoms with Crippen LogP contribution in [0.4, 0.5) is 0 Å². The zero-order chi connectivity index (χ0) is 19.6. The molecule has 0 aromatic heterocycles. The molecule has 0 bridgehead atoms. The highest BCUT2D eigenvalue weighted by Gasteiger charge is 2.40. The maximum absolute atomic E-state index is 6.36. The monoisotopic (exact) mass is 372 g/mol. The predicted molar refractivity (Wildman–Crippen MR) is 117 cm³/mol. The summed E-state index contributed by atoms with van der Waals surface area (Å²) in [6.07, 6.45) is 18.0. The molecule has 2 rings (SSSR count). The largest absolute Gasteiger partial charge is 0.358 e. The summed E-state index contributed by atoms with van der Waals surface area (Å²) in [6.45, 7) is 15.2. The van der Waals surface area contributed by atoms with E-state index in [4.69, 9.17) is 4.74 Å². The van der Waals surface area contributed by atoms with Crippen LogP contribution in [0, 0.1) is 5.92 Å². The summed E-state index contributed by atoms with van der Waals surface area (Å²) in [5.74, 6) is 0.604. The van der Waals surface area contributed by atoms with Crippen LogP contribution >= 0.6 is 0 Å². The first-order valence-corrected chi connectivity index (χ1v) is 10.8. The first-order chi connectivity index (χ1) is 13.1.